The molecule has 0 saturated heterocycles. The highest BCUT2D eigenvalue weighted by atomic mass is 32.1. The first-order chi connectivity index (χ1) is 4.20. The fourth-order valence-corrected chi connectivity index (χ4v) is 0.377. The molecule has 0 bridgehead atoms. The number of hydrogen-bond acceptors (Lipinski definition) is 6. The van der Waals surface area contributed by atoms with Crippen LogP contribution in [0.2, 0.25) is 0 Å². The molecule has 0 atom stereocenters. The van der Waals surface area contributed by atoms with E-state index in [4.69, 9.17) is 0 Å². The number of hydrogen-bond donors (Lipinski definition) is 2. The Labute approximate surface area is 62.0 Å². The maximum atomic E-state index is 9.63. The molecular formula is C2H3NO4S2. The van der Waals surface area contributed by atoms with Crippen molar-refractivity contribution in [3.05, 3.63) is 22.3 Å². The first-order valence-corrected chi connectivity index (χ1v) is 2.42. The molecule has 0 N–H and O–H groups in total. The lowest BCUT2D eigenvalue weighted by molar-refractivity contribution is -0.406. The Balaban J connectivity index is 3.91. The van der Waals surface area contributed by atoms with E-state index in [1.807, 2.05) is 0 Å². The first kappa shape index (κ1) is 8.44. The summed E-state index contributed by atoms with van der Waals surface area (Å²) in [5.74, 6) is -0.383. The van der Waals surface area contributed by atoms with Crippen molar-refractivity contribution in [2.45, 2.75) is 0 Å². The Kier molecular flexibility index (Phi) is 4.06. The van der Waals surface area contributed by atoms with Crippen LogP contribution in [0.4, 0.5) is 0 Å². The van der Waals surface area contributed by atoms with Crippen LogP contribution >= 0.6 is 25.8 Å². The molecule has 0 aliphatic rings. The highest BCUT2D eigenvalue weighted by molar-refractivity contribution is 7.75. The Morgan fingerprint density at radius 2 is 2.00 bits per heavy atom. The second-order valence-electron chi connectivity index (χ2n) is 0.916. The van der Waals surface area contributed by atoms with Crippen molar-refractivity contribution in [1.29, 1.82) is 0 Å². The van der Waals surface area contributed by atoms with Gasteiger partial charge >= 0.3 is 12.1 Å². The summed E-state index contributed by atoms with van der Waals surface area (Å²) in [6.45, 7) is 0. The van der Waals surface area contributed by atoms with Crippen LogP contribution in [-0.2, 0) is 8.37 Å². The van der Waals surface area contributed by atoms with Gasteiger partial charge in [-0.15, -0.1) is 0 Å². The molecule has 0 spiro atoms. The van der Waals surface area contributed by atoms with Gasteiger partial charge in [0.15, 0.2) is 0 Å². The molecule has 9 heavy (non-hydrogen) atoms. The Morgan fingerprint density at radius 1 is 1.56 bits per heavy atom. The fourth-order valence-electron chi connectivity index (χ4n) is 0.150. The lowest BCUT2D eigenvalue weighted by Crippen LogP contribution is -1.89. The summed E-state index contributed by atoms with van der Waals surface area (Å²) in [6, 6.07) is 0. The minimum Gasteiger partial charge on any atom is -0.389 e. The highest BCUT2D eigenvalue weighted by Gasteiger charge is 2.00. The van der Waals surface area contributed by atoms with Crippen molar-refractivity contribution < 1.29 is 13.3 Å². The predicted octanol–water partition coefficient (Wildman–Crippen LogP) is 0.785. The standard InChI is InChI=1S/C2H3NO4S2/c4-3(5)1-2(6-8)7-9/h1,8-9H. The highest BCUT2D eigenvalue weighted by Crippen LogP contribution is 2.03. The molecule has 0 aliphatic heterocycles. The van der Waals surface area contributed by atoms with Gasteiger partial charge in [0.05, 0.1) is 4.92 Å². The van der Waals surface area contributed by atoms with Gasteiger partial charge in [-0.1, -0.05) is 0 Å². The minimum atomic E-state index is -0.748. The van der Waals surface area contributed by atoms with Gasteiger partial charge in [0.1, 0.15) is 0 Å². The summed E-state index contributed by atoms with van der Waals surface area (Å²) in [7, 11) is 0. The fraction of sp³-hybridized carbons (Fsp3) is 0. The van der Waals surface area contributed by atoms with E-state index >= 15 is 0 Å². The summed E-state index contributed by atoms with van der Waals surface area (Å²) in [6.07, 6.45) is 0.486. The zero-order chi connectivity index (χ0) is 7.28. The molecule has 0 heterocycles. The second-order valence-corrected chi connectivity index (χ2v) is 1.28. The average Bonchev–Trinajstić information content (AvgIpc) is 1.82. The number of thiol groups is 2. The number of nitrogens with zero attached hydrogens (tertiary/aromatic N) is 1. The van der Waals surface area contributed by atoms with E-state index < -0.39 is 4.92 Å². The Bertz CT molecular complexity index is 129. The molecular weight excluding hydrogens is 166 g/mol. The van der Waals surface area contributed by atoms with Crippen LogP contribution in [0.25, 0.3) is 0 Å². The minimum absolute atomic E-state index is 0.383. The van der Waals surface area contributed by atoms with Crippen molar-refractivity contribution in [3.63, 3.8) is 0 Å². The van der Waals surface area contributed by atoms with Crippen LogP contribution in [-0.4, -0.2) is 4.92 Å². The van der Waals surface area contributed by atoms with Crippen LogP contribution in [0.5, 0.6) is 0 Å². The van der Waals surface area contributed by atoms with Crippen molar-refractivity contribution in [2.75, 3.05) is 0 Å². The van der Waals surface area contributed by atoms with E-state index in [9.17, 15) is 10.1 Å². The predicted molar refractivity (Wildman–Crippen MR) is 35.2 cm³/mol. The molecule has 0 aliphatic carbocycles. The van der Waals surface area contributed by atoms with Gasteiger partial charge in [-0.05, 0) is 0 Å². The number of nitro groups is 1. The maximum Gasteiger partial charge on any atom is 0.377 e. The van der Waals surface area contributed by atoms with E-state index in [1.54, 1.807) is 0 Å². The average molecular weight is 169 g/mol. The van der Waals surface area contributed by atoms with Crippen molar-refractivity contribution in [3.8, 4) is 0 Å². The quantitative estimate of drug-likeness (QED) is 0.215. The summed E-state index contributed by atoms with van der Waals surface area (Å²) in [5, 5.41) is 9.63. The molecule has 0 fully saturated rings. The molecule has 5 nitrogen and oxygen atoms in total. The van der Waals surface area contributed by atoms with Crippen LogP contribution in [0.3, 0.4) is 0 Å². The van der Waals surface area contributed by atoms with Gasteiger partial charge in [0.2, 0.25) is 0 Å². The van der Waals surface area contributed by atoms with Crippen molar-refractivity contribution in [2.24, 2.45) is 0 Å². The molecule has 52 valence electrons. The lowest BCUT2D eigenvalue weighted by Gasteiger charge is -1.93. The molecule has 0 saturated carbocycles. The SMILES string of the molecule is O=[N+]([O-])C=C(OS)OS. The van der Waals surface area contributed by atoms with Gasteiger partial charge in [0, 0.05) is 25.8 Å². The second kappa shape index (κ2) is 4.33. The van der Waals surface area contributed by atoms with Gasteiger partial charge < -0.3 is 8.37 Å². The zero-order valence-electron chi connectivity index (χ0n) is 4.05. The van der Waals surface area contributed by atoms with Crippen LogP contribution < -0.4 is 0 Å². The number of rotatable bonds is 3. The van der Waals surface area contributed by atoms with Crippen molar-refractivity contribution in [1.82, 2.24) is 0 Å². The monoisotopic (exact) mass is 169 g/mol. The summed E-state index contributed by atoms with van der Waals surface area (Å²) in [5.41, 5.74) is 0. The molecule has 0 unspecified atom stereocenters. The third kappa shape index (κ3) is 3.98. The molecule has 0 aromatic heterocycles. The van der Waals surface area contributed by atoms with Crippen molar-refractivity contribution >= 4 is 25.8 Å². The lowest BCUT2D eigenvalue weighted by atomic mass is 10.9. The van der Waals surface area contributed by atoms with Crippen LogP contribution in [0, 0.1) is 10.1 Å². The Morgan fingerprint density at radius 3 is 2.11 bits per heavy atom. The maximum absolute atomic E-state index is 9.63. The molecule has 0 aromatic carbocycles. The zero-order valence-corrected chi connectivity index (χ0v) is 5.84. The van der Waals surface area contributed by atoms with Gasteiger partial charge in [-0.2, -0.15) is 0 Å². The largest absolute Gasteiger partial charge is 0.389 e. The molecule has 7 heteroatoms. The molecule has 0 radical (unpaired) electrons. The van der Waals surface area contributed by atoms with E-state index in [1.165, 1.54) is 0 Å². The van der Waals surface area contributed by atoms with Gasteiger partial charge in [0.25, 0.3) is 0 Å². The van der Waals surface area contributed by atoms with Gasteiger partial charge in [-0.25, -0.2) is 0 Å². The summed E-state index contributed by atoms with van der Waals surface area (Å²) < 4.78 is 8.05. The first-order valence-electron chi connectivity index (χ1n) is 1.69. The van der Waals surface area contributed by atoms with E-state index in [0.29, 0.717) is 6.20 Å². The summed E-state index contributed by atoms with van der Waals surface area (Å²) in [4.78, 5) is 8.88. The normalized spacial score (nSPS) is 7.78. The Hall–Kier alpha value is -0.560. The van der Waals surface area contributed by atoms with E-state index in [-0.39, 0.29) is 5.95 Å². The van der Waals surface area contributed by atoms with Crippen LogP contribution in [0.15, 0.2) is 12.1 Å². The molecule has 0 amide bonds. The van der Waals surface area contributed by atoms with Gasteiger partial charge in [-0.3, -0.25) is 10.1 Å². The summed E-state index contributed by atoms with van der Waals surface area (Å²) >= 11 is 6.45. The van der Waals surface area contributed by atoms with E-state index in [0.717, 1.165) is 0 Å². The molecule has 0 rings (SSSR count). The third-order valence-electron chi connectivity index (χ3n) is 0.391. The van der Waals surface area contributed by atoms with Crippen LogP contribution in [0.1, 0.15) is 0 Å². The third-order valence-corrected chi connectivity index (χ3v) is 0.751. The smallest absolute Gasteiger partial charge is 0.377 e. The molecule has 0 aromatic rings. The van der Waals surface area contributed by atoms with E-state index in [2.05, 4.69) is 34.2 Å². The topological polar surface area (TPSA) is 61.6 Å².